The maximum atomic E-state index is 6.08. The molecule has 1 aromatic heterocycles. The summed E-state index contributed by atoms with van der Waals surface area (Å²) in [6.45, 7) is 0. The summed E-state index contributed by atoms with van der Waals surface area (Å²) < 4.78 is 5.17. The van der Waals surface area contributed by atoms with Gasteiger partial charge in [0.05, 0.1) is 12.8 Å². The monoisotopic (exact) mass is 264 g/mol. The molecule has 0 amide bonds. The second-order valence-corrected chi connectivity index (χ2v) is 4.72. The number of hydrogen-bond donors (Lipinski definition) is 1. The average Bonchev–Trinajstić information content (AvgIpc) is 2.49. The van der Waals surface area contributed by atoms with Gasteiger partial charge in [-0.05, 0) is 23.1 Å². The van der Waals surface area contributed by atoms with Gasteiger partial charge in [-0.3, -0.25) is 4.98 Å². The van der Waals surface area contributed by atoms with Gasteiger partial charge >= 0.3 is 0 Å². The molecule has 3 rings (SSSR count). The number of nitrogens with two attached hydrogens (primary N) is 1. The standard InChI is InChI=1S/C17H16N2O/c1-20-14-7-6-13(16(18)11-14)10-17-15-5-3-2-4-12(15)8-9-19-17/h2-9,11H,10,18H2,1H3. The van der Waals surface area contributed by atoms with Crippen molar-refractivity contribution in [2.24, 2.45) is 0 Å². The van der Waals surface area contributed by atoms with Gasteiger partial charge < -0.3 is 10.5 Å². The van der Waals surface area contributed by atoms with Gasteiger partial charge in [-0.15, -0.1) is 0 Å². The first-order valence-corrected chi connectivity index (χ1v) is 6.53. The van der Waals surface area contributed by atoms with Crippen LogP contribution in [0.1, 0.15) is 11.3 Å². The molecule has 0 fully saturated rings. The normalized spacial score (nSPS) is 10.7. The van der Waals surface area contributed by atoms with Crippen LogP contribution in [0.5, 0.6) is 5.75 Å². The topological polar surface area (TPSA) is 48.1 Å². The zero-order chi connectivity index (χ0) is 13.9. The Kier molecular flexibility index (Phi) is 3.25. The van der Waals surface area contributed by atoms with E-state index in [4.69, 9.17) is 10.5 Å². The molecule has 1 heterocycles. The molecule has 0 bridgehead atoms. The molecule has 0 atom stereocenters. The lowest BCUT2D eigenvalue weighted by molar-refractivity contribution is 0.415. The highest BCUT2D eigenvalue weighted by Gasteiger charge is 2.06. The first-order chi connectivity index (χ1) is 9.78. The van der Waals surface area contributed by atoms with E-state index in [0.29, 0.717) is 0 Å². The zero-order valence-electron chi connectivity index (χ0n) is 11.3. The second-order valence-electron chi connectivity index (χ2n) is 4.72. The molecule has 3 heteroatoms. The molecule has 0 aliphatic heterocycles. The van der Waals surface area contributed by atoms with Crippen molar-refractivity contribution in [2.75, 3.05) is 12.8 Å². The van der Waals surface area contributed by atoms with E-state index in [2.05, 4.69) is 17.1 Å². The quantitative estimate of drug-likeness (QED) is 0.737. The Labute approximate surface area is 118 Å². The van der Waals surface area contributed by atoms with E-state index in [-0.39, 0.29) is 0 Å². The molecule has 3 aromatic rings. The van der Waals surface area contributed by atoms with E-state index in [1.807, 2.05) is 42.6 Å². The Morgan fingerprint density at radius 2 is 1.95 bits per heavy atom. The van der Waals surface area contributed by atoms with Crippen LogP contribution < -0.4 is 10.5 Å². The summed E-state index contributed by atoms with van der Waals surface area (Å²) in [7, 11) is 1.64. The lowest BCUT2D eigenvalue weighted by atomic mass is 10.0. The molecule has 0 aliphatic rings. The number of aromatic nitrogens is 1. The average molecular weight is 264 g/mol. The lowest BCUT2D eigenvalue weighted by Crippen LogP contribution is -1.99. The highest BCUT2D eigenvalue weighted by molar-refractivity contribution is 5.84. The van der Waals surface area contributed by atoms with Crippen LogP contribution in [-0.4, -0.2) is 12.1 Å². The van der Waals surface area contributed by atoms with Crippen LogP contribution in [0.15, 0.2) is 54.7 Å². The Balaban J connectivity index is 2.01. The van der Waals surface area contributed by atoms with Crippen LogP contribution in [0.2, 0.25) is 0 Å². The van der Waals surface area contributed by atoms with E-state index >= 15 is 0 Å². The fourth-order valence-electron chi connectivity index (χ4n) is 2.36. The number of methoxy groups -OCH3 is 1. The second kappa shape index (κ2) is 5.21. The van der Waals surface area contributed by atoms with Gasteiger partial charge in [-0.25, -0.2) is 0 Å². The minimum absolute atomic E-state index is 0.719. The van der Waals surface area contributed by atoms with Crippen LogP contribution in [0, 0.1) is 0 Å². The number of nitrogens with zero attached hydrogens (tertiary/aromatic N) is 1. The lowest BCUT2D eigenvalue weighted by Gasteiger charge is -2.09. The maximum absolute atomic E-state index is 6.08. The van der Waals surface area contributed by atoms with Gasteiger partial charge in [0.25, 0.3) is 0 Å². The minimum atomic E-state index is 0.719. The Morgan fingerprint density at radius 3 is 2.75 bits per heavy atom. The number of rotatable bonds is 3. The zero-order valence-corrected chi connectivity index (χ0v) is 11.3. The molecule has 3 nitrogen and oxygen atoms in total. The molecule has 0 unspecified atom stereocenters. The van der Waals surface area contributed by atoms with Gasteiger partial charge in [0, 0.05) is 29.8 Å². The number of nitrogen functional groups attached to an aromatic ring is 1. The molecule has 20 heavy (non-hydrogen) atoms. The SMILES string of the molecule is COc1ccc(Cc2nccc3ccccc23)c(N)c1. The van der Waals surface area contributed by atoms with Crippen molar-refractivity contribution in [3.8, 4) is 5.75 Å². The van der Waals surface area contributed by atoms with Gasteiger partial charge in [0.15, 0.2) is 0 Å². The summed E-state index contributed by atoms with van der Waals surface area (Å²) in [4.78, 5) is 4.50. The van der Waals surface area contributed by atoms with Crippen LogP contribution in [0.3, 0.4) is 0 Å². The molecule has 0 aliphatic carbocycles. The summed E-state index contributed by atoms with van der Waals surface area (Å²) in [6.07, 6.45) is 2.56. The molecular weight excluding hydrogens is 248 g/mol. The predicted octanol–water partition coefficient (Wildman–Crippen LogP) is 3.42. The minimum Gasteiger partial charge on any atom is -0.497 e. The molecule has 100 valence electrons. The summed E-state index contributed by atoms with van der Waals surface area (Å²) in [5.41, 5.74) is 8.92. The first-order valence-electron chi connectivity index (χ1n) is 6.53. The largest absolute Gasteiger partial charge is 0.497 e. The van der Waals surface area contributed by atoms with Crippen molar-refractivity contribution in [1.82, 2.24) is 4.98 Å². The molecular formula is C17H16N2O. The van der Waals surface area contributed by atoms with Crippen LogP contribution in [-0.2, 0) is 6.42 Å². The third kappa shape index (κ3) is 2.30. The van der Waals surface area contributed by atoms with Crippen LogP contribution in [0.25, 0.3) is 10.8 Å². The smallest absolute Gasteiger partial charge is 0.120 e. The Bertz CT molecular complexity index is 748. The molecule has 0 saturated heterocycles. The van der Waals surface area contributed by atoms with E-state index < -0.39 is 0 Å². The third-order valence-electron chi connectivity index (χ3n) is 3.47. The highest BCUT2D eigenvalue weighted by atomic mass is 16.5. The molecule has 0 saturated carbocycles. The third-order valence-corrected chi connectivity index (χ3v) is 3.47. The molecule has 2 aromatic carbocycles. The van der Waals surface area contributed by atoms with Crippen LogP contribution >= 0.6 is 0 Å². The van der Waals surface area contributed by atoms with Gasteiger partial charge in [-0.2, -0.15) is 0 Å². The summed E-state index contributed by atoms with van der Waals surface area (Å²) in [5, 5.41) is 2.37. The van der Waals surface area contributed by atoms with Gasteiger partial charge in [-0.1, -0.05) is 30.3 Å². The number of hydrogen-bond acceptors (Lipinski definition) is 3. The van der Waals surface area contributed by atoms with Gasteiger partial charge in [0.1, 0.15) is 5.75 Å². The number of fused-ring (bicyclic) bond motifs is 1. The molecule has 0 spiro atoms. The fourth-order valence-corrected chi connectivity index (χ4v) is 2.36. The van der Waals surface area contributed by atoms with Crippen molar-refractivity contribution >= 4 is 16.5 Å². The number of benzene rings is 2. The van der Waals surface area contributed by atoms with Crippen LogP contribution in [0.4, 0.5) is 5.69 Å². The predicted molar refractivity (Wildman–Crippen MR) is 82.0 cm³/mol. The fraction of sp³-hybridized carbons (Fsp3) is 0.118. The van der Waals surface area contributed by atoms with E-state index in [1.165, 1.54) is 10.8 Å². The molecule has 2 N–H and O–H groups in total. The Morgan fingerprint density at radius 1 is 1.10 bits per heavy atom. The van der Waals surface area contributed by atoms with Crippen molar-refractivity contribution in [3.05, 3.63) is 66.0 Å². The summed E-state index contributed by atoms with van der Waals surface area (Å²) in [5.74, 6) is 0.775. The number of pyridine rings is 1. The van der Waals surface area contributed by atoms with Crippen molar-refractivity contribution in [2.45, 2.75) is 6.42 Å². The number of anilines is 1. The van der Waals surface area contributed by atoms with E-state index in [1.54, 1.807) is 7.11 Å². The van der Waals surface area contributed by atoms with Crippen molar-refractivity contribution < 1.29 is 4.74 Å². The summed E-state index contributed by atoms with van der Waals surface area (Å²) >= 11 is 0. The number of ether oxygens (including phenoxy) is 1. The maximum Gasteiger partial charge on any atom is 0.120 e. The van der Waals surface area contributed by atoms with Crippen molar-refractivity contribution in [1.29, 1.82) is 0 Å². The highest BCUT2D eigenvalue weighted by Crippen LogP contribution is 2.24. The Hall–Kier alpha value is -2.55. The summed E-state index contributed by atoms with van der Waals surface area (Å²) in [6, 6.07) is 16.1. The van der Waals surface area contributed by atoms with E-state index in [0.717, 1.165) is 29.1 Å². The first kappa shape index (κ1) is 12.5. The molecule has 0 radical (unpaired) electrons. The van der Waals surface area contributed by atoms with E-state index in [9.17, 15) is 0 Å². The van der Waals surface area contributed by atoms with Crippen molar-refractivity contribution in [3.63, 3.8) is 0 Å². The van der Waals surface area contributed by atoms with Gasteiger partial charge in [0.2, 0.25) is 0 Å².